The van der Waals surface area contributed by atoms with Crippen LogP contribution < -0.4 is 5.11 Å². The van der Waals surface area contributed by atoms with Crippen LogP contribution in [0, 0.1) is 0 Å². The third-order valence-electron chi connectivity index (χ3n) is 19.4. The zero-order valence-electron chi connectivity index (χ0n) is 66.8. The molecule has 582 valence electrons. The Hall–Kier alpha value is -3.53. The van der Waals surface area contributed by atoms with E-state index in [1.54, 1.807) is 0 Å². The highest BCUT2D eigenvalue weighted by Gasteiger charge is 2.22. The first kappa shape index (κ1) is 96.5. The van der Waals surface area contributed by atoms with E-state index < -0.39 is 24.3 Å². The Morgan fingerprint density at radius 1 is 0.310 bits per heavy atom. The second-order valence-electron chi connectivity index (χ2n) is 30.5. The summed E-state index contributed by atoms with van der Waals surface area (Å²) in [7, 11) is 5.95. The van der Waals surface area contributed by atoms with Gasteiger partial charge < -0.3 is 33.3 Å². The first-order valence-electron chi connectivity index (χ1n) is 43.2. The highest BCUT2D eigenvalue weighted by Crippen LogP contribution is 2.20. The van der Waals surface area contributed by atoms with Crippen molar-refractivity contribution < 1.29 is 42.9 Å². The molecule has 0 aliphatic rings. The standard InChI is InChI=1S/C91H165NO8/c1-6-8-10-12-14-16-18-20-22-24-26-28-30-32-34-36-38-40-42-43-44-45-46-48-49-51-53-55-57-59-61-63-65-67-69-71-73-75-77-79-81-88(93)98-85-87(86-99-91(90(95)96)97-84-83-92(3,4)5)100-89(94)82-80-78-76-74-72-70-68-66-64-62-60-58-56-54-52-50-47-41-39-37-35-33-31-29-27-25-23-21-19-17-15-13-11-9-7-2/h9,11,15,17,21,23,27,29,33,35,39,41,50,52,87,91H,6-8,10,12-14,16,18-20,22,24-26,28,30-32,34,36-38,40,42-49,51,53-86H2,1-5H3/b11-9-,17-15-,23-21-,29-27-,35-33-,41-39-,52-50-. The molecule has 0 aliphatic carbocycles. The van der Waals surface area contributed by atoms with Crippen LogP contribution in [0.15, 0.2) is 85.1 Å². The molecule has 100 heavy (non-hydrogen) atoms. The van der Waals surface area contributed by atoms with Crippen LogP contribution in [0.5, 0.6) is 0 Å². The Morgan fingerprint density at radius 2 is 0.570 bits per heavy atom. The lowest BCUT2D eigenvalue weighted by atomic mass is 10.0. The van der Waals surface area contributed by atoms with Gasteiger partial charge in [0.25, 0.3) is 0 Å². The molecule has 0 saturated carbocycles. The van der Waals surface area contributed by atoms with Crippen molar-refractivity contribution in [1.29, 1.82) is 0 Å². The zero-order valence-corrected chi connectivity index (χ0v) is 66.8. The normalized spacial score (nSPS) is 13.0. The molecule has 0 aromatic carbocycles. The Bertz CT molecular complexity index is 1930. The van der Waals surface area contributed by atoms with E-state index in [2.05, 4.69) is 98.9 Å². The predicted octanol–water partition coefficient (Wildman–Crippen LogP) is 26.8. The molecule has 2 unspecified atom stereocenters. The van der Waals surface area contributed by atoms with Gasteiger partial charge in [-0.05, 0) is 70.6 Å². The lowest BCUT2D eigenvalue weighted by Gasteiger charge is -2.26. The lowest BCUT2D eigenvalue weighted by molar-refractivity contribution is -0.870. The number of carboxylic acids is 1. The molecule has 9 heteroatoms. The van der Waals surface area contributed by atoms with Gasteiger partial charge in [0.2, 0.25) is 0 Å². The second kappa shape index (κ2) is 81.1. The Balaban J connectivity index is 3.95. The number of nitrogens with zero attached hydrogens (tertiary/aromatic N) is 1. The summed E-state index contributed by atoms with van der Waals surface area (Å²) in [4.78, 5) is 37.7. The molecule has 0 heterocycles. The number of unbranched alkanes of at least 4 members (excludes halogenated alkanes) is 52. The van der Waals surface area contributed by atoms with Gasteiger partial charge in [0, 0.05) is 12.8 Å². The van der Waals surface area contributed by atoms with Crippen molar-refractivity contribution in [2.75, 3.05) is 47.5 Å². The summed E-state index contributed by atoms with van der Waals surface area (Å²) >= 11 is 0. The number of carbonyl (C=O) groups excluding carboxylic acids is 3. The van der Waals surface area contributed by atoms with Crippen LogP contribution in [0.1, 0.15) is 418 Å². The monoisotopic (exact) mass is 1400 g/mol. The van der Waals surface area contributed by atoms with E-state index in [-0.39, 0.29) is 32.2 Å². The van der Waals surface area contributed by atoms with Crippen LogP contribution in [0.2, 0.25) is 0 Å². The quantitative estimate of drug-likeness (QED) is 0.0195. The van der Waals surface area contributed by atoms with E-state index in [4.69, 9.17) is 18.9 Å². The minimum Gasteiger partial charge on any atom is -0.545 e. The van der Waals surface area contributed by atoms with Crippen molar-refractivity contribution in [2.45, 2.75) is 431 Å². The van der Waals surface area contributed by atoms with Gasteiger partial charge in [-0.15, -0.1) is 0 Å². The number of likely N-dealkylation sites (N-methyl/N-ethyl adjacent to an activating group) is 1. The zero-order chi connectivity index (χ0) is 72.5. The highest BCUT2D eigenvalue weighted by molar-refractivity contribution is 5.70. The van der Waals surface area contributed by atoms with Gasteiger partial charge in [-0.25, -0.2) is 0 Å². The topological polar surface area (TPSA) is 111 Å². The summed E-state index contributed by atoms with van der Waals surface area (Å²) in [6.45, 7) is 4.70. The number of esters is 2. The van der Waals surface area contributed by atoms with E-state index >= 15 is 0 Å². The van der Waals surface area contributed by atoms with Crippen LogP contribution in [-0.4, -0.2) is 82.3 Å². The summed E-state index contributed by atoms with van der Waals surface area (Å²) in [6, 6.07) is 0. The number of carboxylic acid groups (broad SMARTS) is 1. The van der Waals surface area contributed by atoms with Crippen molar-refractivity contribution in [2.24, 2.45) is 0 Å². The van der Waals surface area contributed by atoms with Gasteiger partial charge in [-0.1, -0.05) is 420 Å². The van der Waals surface area contributed by atoms with Gasteiger partial charge in [-0.3, -0.25) is 9.59 Å². The molecule has 0 fully saturated rings. The van der Waals surface area contributed by atoms with Crippen LogP contribution >= 0.6 is 0 Å². The fraction of sp³-hybridized carbons (Fsp3) is 0.813. The molecule has 0 spiro atoms. The molecule has 0 rings (SSSR count). The third-order valence-corrected chi connectivity index (χ3v) is 19.4. The number of hydrogen-bond acceptors (Lipinski definition) is 8. The molecule has 0 aromatic rings. The molecule has 0 saturated heterocycles. The average molecular weight is 1400 g/mol. The number of ether oxygens (including phenoxy) is 4. The first-order chi connectivity index (χ1) is 49.1. The molecule has 0 radical (unpaired) electrons. The molecule has 0 N–H and O–H groups in total. The number of quaternary nitrogens is 1. The Labute approximate surface area is 620 Å². The van der Waals surface area contributed by atoms with Crippen LogP contribution in [0.4, 0.5) is 0 Å². The van der Waals surface area contributed by atoms with Crippen LogP contribution in [0.3, 0.4) is 0 Å². The average Bonchev–Trinajstić information content (AvgIpc) is 1.67. The number of carbonyl (C=O) groups is 3. The van der Waals surface area contributed by atoms with Gasteiger partial charge >= 0.3 is 11.9 Å². The number of aliphatic carboxylic acids is 1. The maximum Gasteiger partial charge on any atom is 0.306 e. The van der Waals surface area contributed by atoms with Crippen LogP contribution in [0.25, 0.3) is 0 Å². The molecular formula is C91H165NO8. The molecule has 9 nitrogen and oxygen atoms in total. The van der Waals surface area contributed by atoms with Crippen molar-refractivity contribution >= 4 is 17.9 Å². The molecule has 0 aromatic heterocycles. The molecule has 2 atom stereocenters. The predicted molar refractivity (Wildman–Crippen MR) is 431 cm³/mol. The SMILES string of the molecule is CC/C=C\C/C=C\C/C=C\C/C=C\C/C=C\C/C=C\C/C=C\CCCCCCCCCCCCCCCC(=O)OC(COC(=O)CCCCCCCCCCCCCCCCCCCCCCCCCCCCCCCCCCCCCCCCCC)COC(OCC[N+](C)(C)C)C(=O)[O-]. The number of hydrogen-bond donors (Lipinski definition) is 0. The highest BCUT2D eigenvalue weighted by atomic mass is 16.7. The summed E-state index contributed by atoms with van der Waals surface area (Å²) in [5, 5.41) is 11.9. The Kier molecular flexibility index (Phi) is 78.3. The van der Waals surface area contributed by atoms with E-state index in [1.807, 2.05) is 21.1 Å². The van der Waals surface area contributed by atoms with Crippen molar-refractivity contribution in [3.05, 3.63) is 85.1 Å². The first-order valence-corrected chi connectivity index (χ1v) is 43.2. The smallest absolute Gasteiger partial charge is 0.306 e. The van der Waals surface area contributed by atoms with Crippen molar-refractivity contribution in [1.82, 2.24) is 0 Å². The van der Waals surface area contributed by atoms with Crippen molar-refractivity contribution in [3.63, 3.8) is 0 Å². The maximum atomic E-state index is 13.0. The van der Waals surface area contributed by atoms with E-state index in [9.17, 15) is 19.5 Å². The van der Waals surface area contributed by atoms with E-state index in [1.165, 1.54) is 302 Å². The van der Waals surface area contributed by atoms with E-state index in [0.29, 0.717) is 23.9 Å². The van der Waals surface area contributed by atoms with Gasteiger partial charge in [0.15, 0.2) is 12.4 Å². The van der Waals surface area contributed by atoms with Gasteiger partial charge in [-0.2, -0.15) is 0 Å². The summed E-state index contributed by atoms with van der Waals surface area (Å²) < 4.78 is 22.9. The third kappa shape index (κ3) is 81.8. The second-order valence-corrected chi connectivity index (χ2v) is 30.5. The molecule has 0 bridgehead atoms. The lowest BCUT2D eigenvalue weighted by Crippen LogP contribution is -2.44. The number of allylic oxidation sites excluding steroid dienone is 14. The molecular weight excluding hydrogens is 1230 g/mol. The van der Waals surface area contributed by atoms with Crippen LogP contribution in [-0.2, 0) is 33.3 Å². The van der Waals surface area contributed by atoms with Gasteiger partial charge in [0.1, 0.15) is 13.2 Å². The number of rotatable bonds is 81. The fourth-order valence-corrected chi connectivity index (χ4v) is 12.9. The Morgan fingerprint density at radius 3 is 0.850 bits per heavy atom. The molecule has 0 amide bonds. The maximum absolute atomic E-state index is 13.0. The van der Waals surface area contributed by atoms with E-state index in [0.717, 1.165) is 83.5 Å². The summed E-state index contributed by atoms with van der Waals surface area (Å²) in [5.41, 5.74) is 0. The minimum absolute atomic E-state index is 0.147. The summed E-state index contributed by atoms with van der Waals surface area (Å²) in [6.07, 6.45) is 109. The molecule has 0 aliphatic heterocycles. The van der Waals surface area contributed by atoms with Crippen molar-refractivity contribution in [3.8, 4) is 0 Å². The summed E-state index contributed by atoms with van der Waals surface area (Å²) in [5.74, 6) is -2.26. The van der Waals surface area contributed by atoms with Gasteiger partial charge in [0.05, 0.1) is 40.3 Å². The fourth-order valence-electron chi connectivity index (χ4n) is 12.9. The largest absolute Gasteiger partial charge is 0.545 e. The minimum atomic E-state index is -1.63.